The molecule has 1 N–H and O–H groups in total. The topological polar surface area (TPSA) is 29.1 Å². The molecule has 2 aromatic rings. The van der Waals surface area contributed by atoms with Gasteiger partial charge in [0.15, 0.2) is 0 Å². The summed E-state index contributed by atoms with van der Waals surface area (Å²) in [7, 11) is 0. The van der Waals surface area contributed by atoms with Crippen LogP contribution in [0.5, 0.6) is 0 Å². The Bertz CT molecular complexity index is 634. The molecule has 0 fully saturated rings. The van der Waals surface area contributed by atoms with Crippen LogP contribution in [0.15, 0.2) is 42.5 Å². The molecule has 0 radical (unpaired) electrons. The summed E-state index contributed by atoms with van der Waals surface area (Å²) < 4.78 is 12.7. The Morgan fingerprint density at radius 1 is 1.10 bits per heavy atom. The van der Waals surface area contributed by atoms with E-state index in [0.717, 1.165) is 5.56 Å². The van der Waals surface area contributed by atoms with E-state index >= 15 is 0 Å². The number of amides is 1. The van der Waals surface area contributed by atoms with Crippen LogP contribution in [0.3, 0.4) is 0 Å². The molecule has 0 saturated heterocycles. The summed E-state index contributed by atoms with van der Waals surface area (Å²) in [6.45, 7) is 0. The largest absolute Gasteiger partial charge is 0.325 e. The number of rotatable bonds is 5. The smallest absolute Gasteiger partial charge is 0.234 e. The average Bonchev–Trinajstić information content (AvgIpc) is 2.45. The lowest BCUT2D eigenvalue weighted by atomic mass is 10.2. The summed E-state index contributed by atoms with van der Waals surface area (Å²) >= 11 is 13.1. The lowest BCUT2D eigenvalue weighted by Crippen LogP contribution is -2.14. The number of nitrogens with one attached hydrogen (secondary N) is 1. The molecule has 0 heterocycles. The molecule has 110 valence electrons. The van der Waals surface area contributed by atoms with Crippen molar-refractivity contribution < 1.29 is 9.18 Å². The zero-order valence-corrected chi connectivity index (χ0v) is 13.2. The number of carbonyl (C=O) groups is 1. The molecule has 21 heavy (non-hydrogen) atoms. The van der Waals surface area contributed by atoms with Gasteiger partial charge in [-0.25, -0.2) is 4.39 Å². The van der Waals surface area contributed by atoms with Crippen LogP contribution in [0.25, 0.3) is 0 Å². The molecular weight excluding hydrogens is 332 g/mol. The molecule has 1 amide bonds. The van der Waals surface area contributed by atoms with E-state index in [-0.39, 0.29) is 11.7 Å². The highest BCUT2D eigenvalue weighted by Crippen LogP contribution is 2.25. The van der Waals surface area contributed by atoms with Gasteiger partial charge in [-0.2, -0.15) is 0 Å². The third kappa shape index (κ3) is 5.23. The first kappa shape index (κ1) is 16.1. The summed E-state index contributed by atoms with van der Waals surface area (Å²) in [5, 5.41) is 3.58. The normalized spacial score (nSPS) is 10.4. The zero-order valence-electron chi connectivity index (χ0n) is 10.9. The van der Waals surface area contributed by atoms with Crippen LogP contribution in [-0.4, -0.2) is 11.7 Å². The van der Waals surface area contributed by atoms with Gasteiger partial charge in [-0.3, -0.25) is 4.79 Å². The van der Waals surface area contributed by atoms with Crippen LogP contribution < -0.4 is 5.32 Å². The first-order valence-corrected chi connectivity index (χ1v) is 8.03. The number of hydrogen-bond acceptors (Lipinski definition) is 2. The van der Waals surface area contributed by atoms with Crippen molar-refractivity contribution in [1.82, 2.24) is 0 Å². The van der Waals surface area contributed by atoms with Crippen LogP contribution in [-0.2, 0) is 10.5 Å². The fraction of sp³-hybridized carbons (Fsp3) is 0.133. The molecule has 0 spiro atoms. The maximum absolute atomic E-state index is 12.7. The van der Waals surface area contributed by atoms with E-state index in [1.807, 2.05) is 0 Å². The lowest BCUT2D eigenvalue weighted by molar-refractivity contribution is -0.113. The highest BCUT2D eigenvalue weighted by Gasteiger charge is 2.05. The first-order chi connectivity index (χ1) is 10.0. The van der Waals surface area contributed by atoms with Crippen LogP contribution >= 0.6 is 35.0 Å². The van der Waals surface area contributed by atoms with E-state index in [1.54, 1.807) is 30.3 Å². The summed E-state index contributed by atoms with van der Waals surface area (Å²) in [5.74, 6) is 0.564. The van der Waals surface area contributed by atoms with Gasteiger partial charge in [-0.15, -0.1) is 11.8 Å². The quantitative estimate of drug-likeness (QED) is 0.827. The second-order valence-electron chi connectivity index (χ2n) is 4.30. The molecule has 0 aromatic heterocycles. The average molecular weight is 344 g/mol. The number of benzene rings is 2. The minimum absolute atomic E-state index is 0.125. The van der Waals surface area contributed by atoms with Gasteiger partial charge < -0.3 is 5.32 Å². The molecule has 0 atom stereocenters. The molecule has 0 aliphatic rings. The summed E-state index contributed by atoms with van der Waals surface area (Å²) in [6.07, 6.45) is 0. The van der Waals surface area contributed by atoms with Crippen molar-refractivity contribution in [3.05, 3.63) is 63.9 Å². The number of hydrogen-bond donors (Lipinski definition) is 1. The summed E-state index contributed by atoms with van der Waals surface area (Å²) in [6, 6.07) is 11.2. The fourth-order valence-electron chi connectivity index (χ4n) is 1.61. The zero-order chi connectivity index (χ0) is 15.2. The SMILES string of the molecule is O=C(CSCc1ccc(F)cc1)Nc1ccc(Cl)c(Cl)c1. The van der Waals surface area contributed by atoms with E-state index in [0.29, 0.717) is 27.2 Å². The Morgan fingerprint density at radius 2 is 1.81 bits per heavy atom. The monoisotopic (exact) mass is 343 g/mol. The lowest BCUT2D eigenvalue weighted by Gasteiger charge is -2.06. The van der Waals surface area contributed by atoms with Crippen molar-refractivity contribution in [2.75, 3.05) is 11.1 Å². The third-order valence-electron chi connectivity index (χ3n) is 2.62. The van der Waals surface area contributed by atoms with Crippen molar-refractivity contribution in [2.24, 2.45) is 0 Å². The number of thioether (sulfide) groups is 1. The van der Waals surface area contributed by atoms with E-state index in [9.17, 15) is 9.18 Å². The predicted octanol–water partition coefficient (Wildman–Crippen LogP) is 5.00. The molecule has 0 saturated carbocycles. The molecular formula is C15H12Cl2FNOS. The van der Waals surface area contributed by atoms with Gasteiger partial charge in [0.25, 0.3) is 0 Å². The van der Waals surface area contributed by atoms with Gasteiger partial charge >= 0.3 is 0 Å². The van der Waals surface area contributed by atoms with Crippen molar-refractivity contribution in [3.8, 4) is 0 Å². The standard InChI is InChI=1S/C15H12Cl2FNOS/c16-13-6-5-12(7-14(13)17)19-15(20)9-21-8-10-1-3-11(18)4-2-10/h1-7H,8-9H2,(H,19,20). The van der Waals surface area contributed by atoms with Gasteiger partial charge in [-0.05, 0) is 35.9 Å². The first-order valence-electron chi connectivity index (χ1n) is 6.11. The van der Waals surface area contributed by atoms with E-state index in [2.05, 4.69) is 5.32 Å². The number of carbonyl (C=O) groups excluding carboxylic acids is 1. The van der Waals surface area contributed by atoms with Gasteiger partial charge in [-0.1, -0.05) is 35.3 Å². The fourth-order valence-corrected chi connectivity index (χ4v) is 2.70. The molecule has 0 bridgehead atoms. The van der Waals surface area contributed by atoms with Crippen molar-refractivity contribution in [1.29, 1.82) is 0 Å². The Labute approximate surface area is 136 Å². The van der Waals surface area contributed by atoms with Crippen LogP contribution in [0.2, 0.25) is 10.0 Å². The Hall–Kier alpha value is -1.23. The molecule has 0 aliphatic heterocycles. The predicted molar refractivity (Wildman–Crippen MR) is 87.7 cm³/mol. The molecule has 2 aromatic carbocycles. The molecule has 2 rings (SSSR count). The van der Waals surface area contributed by atoms with Crippen LogP contribution in [0.4, 0.5) is 10.1 Å². The highest BCUT2D eigenvalue weighted by atomic mass is 35.5. The van der Waals surface area contributed by atoms with Gasteiger partial charge in [0.1, 0.15) is 5.82 Å². The minimum atomic E-state index is -0.263. The maximum atomic E-state index is 12.7. The highest BCUT2D eigenvalue weighted by molar-refractivity contribution is 7.99. The van der Waals surface area contributed by atoms with Crippen molar-refractivity contribution in [3.63, 3.8) is 0 Å². The summed E-state index contributed by atoms with van der Waals surface area (Å²) in [5.41, 5.74) is 1.58. The Morgan fingerprint density at radius 3 is 2.48 bits per heavy atom. The van der Waals surface area contributed by atoms with E-state index < -0.39 is 0 Å². The number of halogens is 3. The maximum Gasteiger partial charge on any atom is 0.234 e. The van der Waals surface area contributed by atoms with Gasteiger partial charge in [0.2, 0.25) is 5.91 Å². The van der Waals surface area contributed by atoms with Crippen LogP contribution in [0, 0.1) is 5.82 Å². The molecule has 0 unspecified atom stereocenters. The minimum Gasteiger partial charge on any atom is -0.325 e. The summed E-state index contributed by atoms with van der Waals surface area (Å²) in [4.78, 5) is 11.8. The Balaban J connectivity index is 1.79. The second-order valence-corrected chi connectivity index (χ2v) is 6.10. The van der Waals surface area contributed by atoms with E-state index in [1.165, 1.54) is 23.9 Å². The molecule has 2 nitrogen and oxygen atoms in total. The van der Waals surface area contributed by atoms with Crippen molar-refractivity contribution in [2.45, 2.75) is 5.75 Å². The number of anilines is 1. The Kier molecular flexibility index (Phi) is 5.91. The van der Waals surface area contributed by atoms with Gasteiger partial charge in [0, 0.05) is 11.4 Å². The van der Waals surface area contributed by atoms with Crippen molar-refractivity contribution >= 4 is 46.6 Å². The second kappa shape index (κ2) is 7.69. The van der Waals surface area contributed by atoms with Crippen LogP contribution in [0.1, 0.15) is 5.56 Å². The molecule has 0 aliphatic carbocycles. The van der Waals surface area contributed by atoms with Gasteiger partial charge in [0.05, 0.1) is 15.8 Å². The third-order valence-corrected chi connectivity index (χ3v) is 4.36. The molecule has 6 heteroatoms. The van der Waals surface area contributed by atoms with E-state index in [4.69, 9.17) is 23.2 Å².